The second-order valence-corrected chi connectivity index (χ2v) is 8.07. The van der Waals surface area contributed by atoms with Crippen molar-refractivity contribution in [2.45, 2.75) is 50.3 Å². The van der Waals surface area contributed by atoms with Gasteiger partial charge in [-0.15, -0.1) is 11.8 Å². The van der Waals surface area contributed by atoms with Gasteiger partial charge in [-0.2, -0.15) is 0 Å². The second-order valence-electron chi connectivity index (χ2n) is 7.08. The van der Waals surface area contributed by atoms with Crippen molar-refractivity contribution in [2.75, 3.05) is 5.75 Å². The van der Waals surface area contributed by atoms with Crippen LogP contribution in [0.3, 0.4) is 0 Å². The molecule has 2 aromatic rings. The van der Waals surface area contributed by atoms with Gasteiger partial charge in [0.1, 0.15) is 0 Å². The molecule has 1 amide bonds. The molecule has 1 unspecified atom stereocenters. The number of rotatable bonds is 8. The van der Waals surface area contributed by atoms with E-state index in [0.29, 0.717) is 5.75 Å². The SMILES string of the molecule is O=C(CSCc1ccccn1)NC(CC1CCCCC1)c1ccccc1. The molecule has 4 heteroatoms. The Morgan fingerprint density at radius 3 is 2.58 bits per heavy atom. The molecular formula is C22H28N2OS. The first kappa shape index (κ1) is 19.0. The van der Waals surface area contributed by atoms with Gasteiger partial charge < -0.3 is 5.32 Å². The van der Waals surface area contributed by atoms with Gasteiger partial charge in [-0.05, 0) is 30.0 Å². The molecule has 0 saturated heterocycles. The molecule has 1 heterocycles. The third-order valence-corrected chi connectivity index (χ3v) is 6.01. The molecule has 1 N–H and O–H groups in total. The molecule has 1 atom stereocenters. The first-order chi connectivity index (χ1) is 12.8. The van der Waals surface area contributed by atoms with Crippen LogP contribution in [0.25, 0.3) is 0 Å². The Morgan fingerprint density at radius 1 is 1.08 bits per heavy atom. The fraction of sp³-hybridized carbons (Fsp3) is 0.455. The Bertz CT molecular complexity index is 656. The lowest BCUT2D eigenvalue weighted by Gasteiger charge is -2.27. The van der Waals surface area contributed by atoms with Crippen LogP contribution in [0.5, 0.6) is 0 Å². The maximum Gasteiger partial charge on any atom is 0.230 e. The Morgan fingerprint density at radius 2 is 1.85 bits per heavy atom. The van der Waals surface area contributed by atoms with E-state index >= 15 is 0 Å². The van der Waals surface area contributed by atoms with E-state index in [4.69, 9.17) is 0 Å². The zero-order valence-corrected chi connectivity index (χ0v) is 16.1. The summed E-state index contributed by atoms with van der Waals surface area (Å²) in [5, 5.41) is 3.29. The van der Waals surface area contributed by atoms with E-state index in [2.05, 4.69) is 34.6 Å². The van der Waals surface area contributed by atoms with Gasteiger partial charge in [0.15, 0.2) is 0 Å². The molecule has 3 rings (SSSR count). The minimum atomic E-state index is 0.121. The van der Waals surface area contributed by atoms with Gasteiger partial charge in [0, 0.05) is 11.9 Å². The van der Waals surface area contributed by atoms with Crippen molar-refractivity contribution in [1.82, 2.24) is 10.3 Å². The van der Waals surface area contributed by atoms with E-state index in [1.807, 2.05) is 24.3 Å². The molecular weight excluding hydrogens is 340 g/mol. The summed E-state index contributed by atoms with van der Waals surface area (Å²) >= 11 is 1.62. The molecule has 1 aliphatic rings. The topological polar surface area (TPSA) is 42.0 Å². The molecule has 1 fully saturated rings. The van der Waals surface area contributed by atoms with E-state index in [0.717, 1.165) is 23.8 Å². The largest absolute Gasteiger partial charge is 0.349 e. The third kappa shape index (κ3) is 6.17. The summed E-state index contributed by atoms with van der Waals surface area (Å²) in [6, 6.07) is 16.4. The minimum Gasteiger partial charge on any atom is -0.349 e. The lowest BCUT2D eigenvalue weighted by Crippen LogP contribution is -2.31. The predicted octanol–water partition coefficient (Wildman–Crippen LogP) is 5.14. The zero-order chi connectivity index (χ0) is 18.0. The highest BCUT2D eigenvalue weighted by Gasteiger charge is 2.21. The van der Waals surface area contributed by atoms with E-state index in [1.54, 1.807) is 18.0 Å². The number of carbonyl (C=O) groups excluding carboxylic acids is 1. The Kier molecular flexibility index (Phi) is 7.56. The molecule has 138 valence electrons. The van der Waals surface area contributed by atoms with E-state index in [1.165, 1.54) is 37.7 Å². The summed E-state index contributed by atoms with van der Waals surface area (Å²) in [7, 11) is 0. The number of hydrogen-bond acceptors (Lipinski definition) is 3. The number of amides is 1. The highest BCUT2D eigenvalue weighted by Crippen LogP contribution is 2.32. The quantitative estimate of drug-likeness (QED) is 0.701. The van der Waals surface area contributed by atoms with Gasteiger partial charge in [-0.3, -0.25) is 9.78 Å². The standard InChI is InChI=1S/C22H28N2OS/c25-22(17-26-16-20-13-7-8-14-23-20)24-21(19-11-5-2-6-12-19)15-18-9-3-1-4-10-18/h2,5-8,11-14,18,21H,1,3-4,9-10,15-17H2,(H,24,25). The molecule has 0 radical (unpaired) electrons. The van der Waals surface area contributed by atoms with Gasteiger partial charge in [0.2, 0.25) is 5.91 Å². The summed E-state index contributed by atoms with van der Waals surface area (Å²) in [6.07, 6.45) is 9.48. The van der Waals surface area contributed by atoms with Crippen molar-refractivity contribution in [1.29, 1.82) is 0 Å². The molecule has 26 heavy (non-hydrogen) atoms. The van der Waals surface area contributed by atoms with Gasteiger partial charge in [0.05, 0.1) is 17.5 Å². The number of hydrogen-bond donors (Lipinski definition) is 1. The number of nitrogens with one attached hydrogen (secondary N) is 1. The first-order valence-electron chi connectivity index (χ1n) is 9.63. The summed E-state index contributed by atoms with van der Waals surface area (Å²) < 4.78 is 0. The van der Waals surface area contributed by atoms with Crippen LogP contribution in [0.15, 0.2) is 54.7 Å². The van der Waals surface area contributed by atoms with Gasteiger partial charge in [-0.1, -0.05) is 68.5 Å². The number of benzene rings is 1. The average molecular weight is 369 g/mol. The van der Waals surface area contributed by atoms with Crippen LogP contribution in [0, 0.1) is 5.92 Å². The number of nitrogens with zero attached hydrogens (tertiary/aromatic N) is 1. The highest BCUT2D eigenvalue weighted by molar-refractivity contribution is 7.99. The predicted molar refractivity (Wildman–Crippen MR) is 109 cm³/mol. The summed E-state index contributed by atoms with van der Waals surface area (Å²) in [5.74, 6) is 2.10. The number of pyridine rings is 1. The van der Waals surface area contributed by atoms with Crippen molar-refractivity contribution in [3.05, 3.63) is 66.0 Å². The van der Waals surface area contributed by atoms with Crippen molar-refractivity contribution in [2.24, 2.45) is 5.92 Å². The molecule has 1 aromatic heterocycles. The van der Waals surface area contributed by atoms with E-state index in [9.17, 15) is 4.79 Å². The minimum absolute atomic E-state index is 0.121. The molecule has 0 bridgehead atoms. The third-order valence-electron chi connectivity index (χ3n) is 5.04. The van der Waals surface area contributed by atoms with Crippen molar-refractivity contribution < 1.29 is 4.79 Å². The van der Waals surface area contributed by atoms with Crippen molar-refractivity contribution in [3.8, 4) is 0 Å². The average Bonchev–Trinajstić information content (AvgIpc) is 2.70. The van der Waals surface area contributed by atoms with Gasteiger partial charge in [0.25, 0.3) is 0 Å². The normalized spacial score (nSPS) is 16.2. The van der Waals surface area contributed by atoms with Gasteiger partial charge in [-0.25, -0.2) is 0 Å². The van der Waals surface area contributed by atoms with Crippen LogP contribution >= 0.6 is 11.8 Å². The smallest absolute Gasteiger partial charge is 0.230 e. The maximum absolute atomic E-state index is 12.5. The van der Waals surface area contributed by atoms with Crippen LogP contribution in [0.1, 0.15) is 55.8 Å². The van der Waals surface area contributed by atoms with Crippen LogP contribution in [0.2, 0.25) is 0 Å². The van der Waals surface area contributed by atoms with Crippen LogP contribution < -0.4 is 5.32 Å². The fourth-order valence-corrected chi connectivity index (χ4v) is 4.44. The number of carbonyl (C=O) groups is 1. The molecule has 1 aromatic carbocycles. The van der Waals surface area contributed by atoms with Crippen LogP contribution in [-0.4, -0.2) is 16.6 Å². The second kappa shape index (κ2) is 10.4. The van der Waals surface area contributed by atoms with Crippen molar-refractivity contribution >= 4 is 17.7 Å². The fourth-order valence-electron chi connectivity index (χ4n) is 3.69. The van der Waals surface area contributed by atoms with Gasteiger partial charge >= 0.3 is 0 Å². The van der Waals surface area contributed by atoms with E-state index < -0.39 is 0 Å². The van der Waals surface area contributed by atoms with Crippen LogP contribution in [-0.2, 0) is 10.5 Å². The van der Waals surface area contributed by atoms with Crippen molar-refractivity contribution in [3.63, 3.8) is 0 Å². The Hall–Kier alpha value is -1.81. The molecule has 3 nitrogen and oxygen atoms in total. The molecule has 1 saturated carbocycles. The monoisotopic (exact) mass is 368 g/mol. The lowest BCUT2D eigenvalue weighted by molar-refractivity contribution is -0.119. The number of aromatic nitrogens is 1. The summed E-state index contributed by atoms with van der Waals surface area (Å²) in [6.45, 7) is 0. The Balaban J connectivity index is 1.53. The van der Waals surface area contributed by atoms with Crippen LogP contribution in [0.4, 0.5) is 0 Å². The lowest BCUT2D eigenvalue weighted by atomic mass is 9.83. The summed E-state index contributed by atoms with van der Waals surface area (Å²) in [5.41, 5.74) is 2.24. The summed E-state index contributed by atoms with van der Waals surface area (Å²) in [4.78, 5) is 16.8. The number of thioether (sulfide) groups is 1. The molecule has 1 aliphatic carbocycles. The first-order valence-corrected chi connectivity index (χ1v) is 10.8. The van der Waals surface area contributed by atoms with E-state index in [-0.39, 0.29) is 11.9 Å². The molecule has 0 spiro atoms. The highest BCUT2D eigenvalue weighted by atomic mass is 32.2. The molecule has 0 aliphatic heterocycles. The maximum atomic E-state index is 12.5. The Labute approximate surface area is 161 Å². The zero-order valence-electron chi connectivity index (χ0n) is 15.3.